The fourth-order valence-corrected chi connectivity index (χ4v) is 2.56. The highest BCUT2D eigenvalue weighted by Crippen LogP contribution is 2.19. The molecule has 0 radical (unpaired) electrons. The lowest BCUT2D eigenvalue weighted by molar-refractivity contribution is -0.141. The standard InChI is InChI=1S/C11H13FO3S/c1-7(11(13)14)8(2)16(15)10-6-4-3-5-9(10)12/h3-8H,1-2H3,(H,13,14). The first kappa shape index (κ1) is 12.8. The first-order valence-electron chi connectivity index (χ1n) is 4.83. The van der Waals surface area contributed by atoms with Gasteiger partial charge in [0.15, 0.2) is 0 Å². The Labute approximate surface area is 95.8 Å². The van der Waals surface area contributed by atoms with E-state index in [-0.39, 0.29) is 4.90 Å². The van der Waals surface area contributed by atoms with Crippen molar-refractivity contribution in [1.82, 2.24) is 0 Å². The molecule has 0 aliphatic rings. The predicted molar refractivity (Wildman–Crippen MR) is 59.1 cm³/mol. The summed E-state index contributed by atoms with van der Waals surface area (Å²) >= 11 is 0. The van der Waals surface area contributed by atoms with Gasteiger partial charge in [0.25, 0.3) is 0 Å². The Morgan fingerprint density at radius 1 is 1.38 bits per heavy atom. The number of aliphatic carboxylic acids is 1. The summed E-state index contributed by atoms with van der Waals surface area (Å²) in [7, 11) is -1.65. The van der Waals surface area contributed by atoms with Crippen molar-refractivity contribution in [1.29, 1.82) is 0 Å². The number of halogens is 1. The Bertz CT molecular complexity index is 419. The molecule has 0 fully saturated rings. The van der Waals surface area contributed by atoms with E-state index in [1.54, 1.807) is 13.0 Å². The molecule has 0 aliphatic carbocycles. The summed E-state index contributed by atoms with van der Waals surface area (Å²) < 4.78 is 25.2. The second-order valence-electron chi connectivity index (χ2n) is 3.56. The zero-order chi connectivity index (χ0) is 12.3. The minimum Gasteiger partial charge on any atom is -0.481 e. The zero-order valence-corrected chi connectivity index (χ0v) is 9.83. The highest BCUT2D eigenvalue weighted by atomic mass is 32.2. The fourth-order valence-electron chi connectivity index (χ4n) is 1.19. The highest BCUT2D eigenvalue weighted by Gasteiger charge is 2.26. The quantitative estimate of drug-likeness (QED) is 0.881. The average molecular weight is 244 g/mol. The number of benzene rings is 1. The summed E-state index contributed by atoms with van der Waals surface area (Å²) in [5.74, 6) is -2.37. The molecule has 1 N–H and O–H groups in total. The zero-order valence-electron chi connectivity index (χ0n) is 9.01. The van der Waals surface area contributed by atoms with E-state index >= 15 is 0 Å². The van der Waals surface area contributed by atoms with Crippen LogP contribution in [0, 0.1) is 11.7 Å². The Balaban J connectivity index is 2.95. The van der Waals surface area contributed by atoms with E-state index in [0.717, 1.165) is 0 Å². The van der Waals surface area contributed by atoms with E-state index in [1.807, 2.05) is 0 Å². The molecule has 0 saturated heterocycles. The lowest BCUT2D eigenvalue weighted by atomic mass is 10.1. The van der Waals surface area contributed by atoms with Gasteiger partial charge in [0.05, 0.1) is 21.6 Å². The Hall–Kier alpha value is -1.23. The maximum Gasteiger partial charge on any atom is 0.307 e. The van der Waals surface area contributed by atoms with E-state index in [0.29, 0.717) is 0 Å². The fraction of sp³-hybridized carbons (Fsp3) is 0.364. The Kier molecular flexibility index (Phi) is 4.18. The van der Waals surface area contributed by atoms with Gasteiger partial charge in [0, 0.05) is 5.25 Å². The number of carboxylic acids is 1. The van der Waals surface area contributed by atoms with Crippen LogP contribution in [0.1, 0.15) is 13.8 Å². The van der Waals surface area contributed by atoms with E-state index < -0.39 is 33.8 Å². The molecular weight excluding hydrogens is 231 g/mol. The minimum atomic E-state index is -1.65. The van der Waals surface area contributed by atoms with Gasteiger partial charge in [-0.3, -0.25) is 9.00 Å². The summed E-state index contributed by atoms with van der Waals surface area (Å²) in [6.07, 6.45) is 0. The van der Waals surface area contributed by atoms with Gasteiger partial charge < -0.3 is 5.11 Å². The van der Waals surface area contributed by atoms with Crippen molar-refractivity contribution in [3.63, 3.8) is 0 Å². The lowest BCUT2D eigenvalue weighted by Crippen LogP contribution is -2.27. The van der Waals surface area contributed by atoms with Crippen LogP contribution in [0.2, 0.25) is 0 Å². The van der Waals surface area contributed by atoms with Crippen LogP contribution in [0.25, 0.3) is 0 Å². The van der Waals surface area contributed by atoms with Crippen LogP contribution in [0.5, 0.6) is 0 Å². The van der Waals surface area contributed by atoms with Gasteiger partial charge >= 0.3 is 5.97 Å². The average Bonchev–Trinajstić information content (AvgIpc) is 2.26. The molecule has 1 rings (SSSR count). The van der Waals surface area contributed by atoms with Gasteiger partial charge in [0.2, 0.25) is 0 Å². The maximum atomic E-state index is 13.3. The largest absolute Gasteiger partial charge is 0.481 e. The van der Waals surface area contributed by atoms with Crippen molar-refractivity contribution in [2.75, 3.05) is 0 Å². The van der Waals surface area contributed by atoms with Gasteiger partial charge in [-0.1, -0.05) is 19.1 Å². The van der Waals surface area contributed by atoms with E-state index in [4.69, 9.17) is 5.11 Å². The van der Waals surface area contributed by atoms with Crippen LogP contribution in [0.3, 0.4) is 0 Å². The third-order valence-corrected chi connectivity index (χ3v) is 4.33. The molecule has 16 heavy (non-hydrogen) atoms. The number of carboxylic acid groups (broad SMARTS) is 1. The smallest absolute Gasteiger partial charge is 0.307 e. The second-order valence-corrected chi connectivity index (χ2v) is 5.34. The SMILES string of the molecule is CC(C(=O)O)C(C)S(=O)c1ccccc1F. The van der Waals surface area contributed by atoms with Crippen LogP contribution >= 0.6 is 0 Å². The molecule has 3 unspecified atom stereocenters. The van der Waals surface area contributed by atoms with Gasteiger partial charge in [-0.15, -0.1) is 0 Å². The first-order valence-corrected chi connectivity index (χ1v) is 6.04. The van der Waals surface area contributed by atoms with Gasteiger partial charge in [-0.25, -0.2) is 4.39 Å². The molecule has 0 spiro atoms. The van der Waals surface area contributed by atoms with E-state index in [1.165, 1.54) is 25.1 Å². The molecule has 0 bridgehead atoms. The highest BCUT2D eigenvalue weighted by molar-refractivity contribution is 7.85. The van der Waals surface area contributed by atoms with Crippen LogP contribution < -0.4 is 0 Å². The predicted octanol–water partition coefficient (Wildman–Crippen LogP) is 2.04. The molecule has 3 nitrogen and oxygen atoms in total. The van der Waals surface area contributed by atoms with Crippen molar-refractivity contribution in [3.05, 3.63) is 30.1 Å². The van der Waals surface area contributed by atoms with Crippen molar-refractivity contribution in [2.24, 2.45) is 5.92 Å². The van der Waals surface area contributed by atoms with Crippen molar-refractivity contribution in [3.8, 4) is 0 Å². The first-order chi connectivity index (χ1) is 7.45. The Morgan fingerprint density at radius 3 is 2.44 bits per heavy atom. The van der Waals surface area contributed by atoms with Crippen LogP contribution in [0.4, 0.5) is 4.39 Å². The summed E-state index contributed by atoms with van der Waals surface area (Å²) in [6.45, 7) is 3.01. The van der Waals surface area contributed by atoms with Gasteiger partial charge in [0.1, 0.15) is 5.82 Å². The molecule has 0 heterocycles. The summed E-state index contributed by atoms with van der Waals surface area (Å²) in [6, 6.07) is 5.71. The molecule has 0 amide bonds. The van der Waals surface area contributed by atoms with Crippen LogP contribution in [-0.2, 0) is 15.6 Å². The second kappa shape index (κ2) is 5.21. The Morgan fingerprint density at radius 2 is 1.94 bits per heavy atom. The van der Waals surface area contributed by atoms with Crippen molar-refractivity contribution < 1.29 is 18.5 Å². The summed E-state index contributed by atoms with van der Waals surface area (Å²) in [5, 5.41) is 8.16. The van der Waals surface area contributed by atoms with Gasteiger partial charge in [-0.05, 0) is 19.1 Å². The monoisotopic (exact) mass is 244 g/mol. The molecule has 0 aliphatic heterocycles. The number of hydrogen-bond donors (Lipinski definition) is 1. The number of hydrogen-bond acceptors (Lipinski definition) is 2. The third-order valence-electron chi connectivity index (χ3n) is 2.48. The minimum absolute atomic E-state index is 0.0584. The molecule has 0 aromatic heterocycles. The molecular formula is C11H13FO3S. The maximum absolute atomic E-state index is 13.3. The molecule has 1 aromatic rings. The molecule has 1 aromatic carbocycles. The van der Waals surface area contributed by atoms with Crippen molar-refractivity contribution >= 4 is 16.8 Å². The lowest BCUT2D eigenvalue weighted by Gasteiger charge is -2.15. The van der Waals surface area contributed by atoms with Crippen LogP contribution in [0.15, 0.2) is 29.2 Å². The molecule has 3 atom stereocenters. The van der Waals surface area contributed by atoms with E-state index in [2.05, 4.69) is 0 Å². The van der Waals surface area contributed by atoms with Crippen molar-refractivity contribution in [2.45, 2.75) is 24.0 Å². The molecule has 88 valence electrons. The van der Waals surface area contributed by atoms with E-state index in [9.17, 15) is 13.4 Å². The topological polar surface area (TPSA) is 54.4 Å². The number of carbonyl (C=O) groups is 1. The van der Waals surface area contributed by atoms with Crippen LogP contribution in [-0.4, -0.2) is 20.5 Å². The summed E-state index contributed by atoms with van der Waals surface area (Å²) in [5.41, 5.74) is 0. The molecule has 0 saturated carbocycles. The third kappa shape index (κ3) is 2.66. The summed E-state index contributed by atoms with van der Waals surface area (Å²) in [4.78, 5) is 10.8. The van der Waals surface area contributed by atoms with Gasteiger partial charge in [-0.2, -0.15) is 0 Å². The molecule has 5 heteroatoms. The normalized spacial score (nSPS) is 16.4. The number of rotatable bonds is 4.